The Morgan fingerprint density at radius 2 is 1.67 bits per heavy atom. The van der Waals surface area contributed by atoms with Crippen LogP contribution < -0.4 is 0 Å². The first-order valence-corrected chi connectivity index (χ1v) is 2.97. The molecule has 1 heteroatoms. The minimum Gasteiger partial charge on any atom is -0.0622 e. The molecular formula is C8H10V+2. The summed E-state index contributed by atoms with van der Waals surface area (Å²) in [6.45, 7) is 2.16. The van der Waals surface area contributed by atoms with Crippen molar-refractivity contribution < 1.29 is 18.6 Å². The summed E-state index contributed by atoms with van der Waals surface area (Å²) in [5, 5.41) is 0. The van der Waals surface area contributed by atoms with Crippen LogP contribution in [0.4, 0.5) is 0 Å². The Hall–Kier alpha value is -0.196. The smallest absolute Gasteiger partial charge is 0.0622 e. The van der Waals surface area contributed by atoms with E-state index in [0.29, 0.717) is 0 Å². The summed E-state index contributed by atoms with van der Waals surface area (Å²) in [7, 11) is 0. The van der Waals surface area contributed by atoms with Crippen molar-refractivity contribution in [1.82, 2.24) is 0 Å². The van der Waals surface area contributed by atoms with Gasteiger partial charge in [0.15, 0.2) is 0 Å². The molecule has 9 heavy (non-hydrogen) atoms. The van der Waals surface area contributed by atoms with E-state index in [4.69, 9.17) is 0 Å². The molecule has 0 saturated heterocycles. The fourth-order valence-corrected chi connectivity index (χ4v) is 0.714. The number of aryl methyl sites for hydroxylation is 1. The van der Waals surface area contributed by atoms with Crippen LogP contribution in [0.2, 0.25) is 0 Å². The molecule has 0 heterocycles. The van der Waals surface area contributed by atoms with Crippen molar-refractivity contribution in [3.05, 3.63) is 35.9 Å². The van der Waals surface area contributed by atoms with Gasteiger partial charge in [-0.15, -0.1) is 0 Å². The third-order valence-corrected chi connectivity index (χ3v) is 1.25. The van der Waals surface area contributed by atoms with Crippen molar-refractivity contribution in [1.29, 1.82) is 0 Å². The van der Waals surface area contributed by atoms with Crippen molar-refractivity contribution in [3.63, 3.8) is 0 Å². The molecule has 0 aliphatic heterocycles. The molecule has 0 atom stereocenters. The standard InChI is InChI=1S/C8H10.V/c1-2-8-6-4-3-5-7-8;/h3-7H,2H2,1H3;/q;+2. The SMILES string of the molecule is CCc1ccccc1.[V+2]. The first-order valence-electron chi connectivity index (χ1n) is 2.97. The van der Waals surface area contributed by atoms with E-state index in [-0.39, 0.29) is 18.6 Å². The molecule has 0 saturated carbocycles. The summed E-state index contributed by atoms with van der Waals surface area (Å²) in [4.78, 5) is 0. The molecule has 1 aromatic carbocycles. The maximum absolute atomic E-state index is 2.16. The third-order valence-electron chi connectivity index (χ3n) is 1.25. The van der Waals surface area contributed by atoms with Crippen LogP contribution in [0.3, 0.4) is 0 Å². The predicted octanol–water partition coefficient (Wildman–Crippen LogP) is 2.25. The van der Waals surface area contributed by atoms with E-state index >= 15 is 0 Å². The molecule has 45 valence electrons. The first-order chi connectivity index (χ1) is 3.93. The van der Waals surface area contributed by atoms with Gasteiger partial charge in [-0.05, 0) is 12.0 Å². The third kappa shape index (κ3) is 2.74. The number of benzene rings is 1. The Kier molecular flexibility index (Phi) is 4.56. The second kappa shape index (κ2) is 4.66. The van der Waals surface area contributed by atoms with Gasteiger partial charge < -0.3 is 0 Å². The molecule has 0 unspecified atom stereocenters. The minimum absolute atomic E-state index is 0. The zero-order chi connectivity index (χ0) is 5.82. The molecule has 0 spiro atoms. The molecule has 0 nitrogen and oxygen atoms in total. The van der Waals surface area contributed by atoms with E-state index in [0.717, 1.165) is 6.42 Å². The summed E-state index contributed by atoms with van der Waals surface area (Å²) in [6.07, 6.45) is 1.14. The number of hydrogen-bond acceptors (Lipinski definition) is 0. The van der Waals surface area contributed by atoms with E-state index in [9.17, 15) is 0 Å². The van der Waals surface area contributed by atoms with Crippen LogP contribution in [0.5, 0.6) is 0 Å². The predicted molar refractivity (Wildman–Crippen MR) is 35.8 cm³/mol. The van der Waals surface area contributed by atoms with E-state index in [1.165, 1.54) is 5.56 Å². The number of hydrogen-bond donors (Lipinski definition) is 0. The average molecular weight is 157 g/mol. The van der Waals surface area contributed by atoms with Crippen molar-refractivity contribution in [3.8, 4) is 0 Å². The molecule has 1 aromatic rings. The fourth-order valence-electron chi connectivity index (χ4n) is 0.714. The zero-order valence-corrected chi connectivity index (χ0v) is 6.94. The van der Waals surface area contributed by atoms with Crippen molar-refractivity contribution in [2.45, 2.75) is 13.3 Å². The topological polar surface area (TPSA) is 0 Å². The Morgan fingerprint density at radius 3 is 2.00 bits per heavy atom. The maximum Gasteiger partial charge on any atom is 2.00 e. The van der Waals surface area contributed by atoms with Gasteiger partial charge in [0.1, 0.15) is 0 Å². The van der Waals surface area contributed by atoms with E-state index in [1.807, 2.05) is 6.07 Å². The summed E-state index contributed by atoms with van der Waals surface area (Å²) < 4.78 is 0. The Bertz CT molecular complexity index is 146. The molecule has 0 aromatic heterocycles. The first kappa shape index (κ1) is 8.80. The van der Waals surface area contributed by atoms with Gasteiger partial charge in [0.25, 0.3) is 0 Å². The molecule has 0 bridgehead atoms. The maximum atomic E-state index is 2.16. The van der Waals surface area contributed by atoms with Gasteiger partial charge in [0.05, 0.1) is 0 Å². The second-order valence-electron chi connectivity index (χ2n) is 1.84. The summed E-state index contributed by atoms with van der Waals surface area (Å²) in [5.41, 5.74) is 1.41. The van der Waals surface area contributed by atoms with Gasteiger partial charge in [-0.3, -0.25) is 0 Å². The van der Waals surface area contributed by atoms with Crippen LogP contribution in [-0.2, 0) is 25.0 Å². The van der Waals surface area contributed by atoms with Gasteiger partial charge in [-0.1, -0.05) is 37.3 Å². The van der Waals surface area contributed by atoms with Crippen LogP contribution in [-0.4, -0.2) is 0 Å². The molecular weight excluding hydrogens is 147 g/mol. The quantitative estimate of drug-likeness (QED) is 0.586. The van der Waals surface area contributed by atoms with Crippen LogP contribution in [0, 0.1) is 0 Å². The molecule has 0 N–H and O–H groups in total. The largest absolute Gasteiger partial charge is 2.00 e. The second-order valence-corrected chi connectivity index (χ2v) is 1.84. The van der Waals surface area contributed by atoms with Crippen molar-refractivity contribution >= 4 is 0 Å². The normalized spacial score (nSPS) is 8.11. The van der Waals surface area contributed by atoms with Gasteiger partial charge in [0.2, 0.25) is 0 Å². The molecule has 0 amide bonds. The van der Waals surface area contributed by atoms with Gasteiger partial charge in [-0.2, -0.15) is 0 Å². The minimum atomic E-state index is 0. The van der Waals surface area contributed by atoms with Gasteiger partial charge in [-0.25, -0.2) is 0 Å². The Balaban J connectivity index is 0.000000640. The molecule has 0 fully saturated rings. The molecule has 0 aliphatic rings. The average Bonchev–Trinajstić information content (AvgIpc) is 1.90. The summed E-state index contributed by atoms with van der Waals surface area (Å²) in [5.74, 6) is 0. The van der Waals surface area contributed by atoms with E-state index < -0.39 is 0 Å². The fraction of sp³-hybridized carbons (Fsp3) is 0.250. The van der Waals surface area contributed by atoms with Gasteiger partial charge >= 0.3 is 18.6 Å². The Morgan fingerprint density at radius 1 is 1.11 bits per heavy atom. The number of rotatable bonds is 1. The van der Waals surface area contributed by atoms with Crippen LogP contribution >= 0.6 is 0 Å². The van der Waals surface area contributed by atoms with Crippen molar-refractivity contribution in [2.24, 2.45) is 0 Å². The zero-order valence-electron chi connectivity index (χ0n) is 5.54. The van der Waals surface area contributed by atoms with E-state index in [2.05, 4.69) is 31.2 Å². The summed E-state index contributed by atoms with van der Waals surface area (Å²) >= 11 is 0. The Labute approximate surface area is 68.2 Å². The van der Waals surface area contributed by atoms with E-state index in [1.54, 1.807) is 0 Å². The summed E-state index contributed by atoms with van der Waals surface area (Å²) in [6, 6.07) is 10.5. The molecule has 0 aliphatic carbocycles. The monoisotopic (exact) mass is 157 g/mol. The van der Waals surface area contributed by atoms with Gasteiger partial charge in [0, 0.05) is 0 Å². The van der Waals surface area contributed by atoms with Crippen LogP contribution in [0.1, 0.15) is 12.5 Å². The molecule has 1 radical (unpaired) electrons. The van der Waals surface area contributed by atoms with Crippen molar-refractivity contribution in [2.75, 3.05) is 0 Å². The van der Waals surface area contributed by atoms with Crippen LogP contribution in [0.15, 0.2) is 30.3 Å². The van der Waals surface area contributed by atoms with Crippen LogP contribution in [0.25, 0.3) is 0 Å². The molecule has 1 rings (SSSR count).